The SMILES string of the molecule is CC(CCO)NC(=O)c1ccc2c(c1)CCC(=O)N2. The molecule has 0 bridgehead atoms. The number of anilines is 1. The Labute approximate surface area is 112 Å². The minimum Gasteiger partial charge on any atom is -0.396 e. The number of rotatable bonds is 4. The maximum absolute atomic E-state index is 12.0. The number of amides is 2. The Balaban J connectivity index is 2.09. The molecule has 0 saturated carbocycles. The third-order valence-corrected chi connectivity index (χ3v) is 3.20. The molecule has 19 heavy (non-hydrogen) atoms. The molecule has 1 aliphatic heterocycles. The maximum Gasteiger partial charge on any atom is 0.251 e. The lowest BCUT2D eigenvalue weighted by Gasteiger charge is -2.18. The zero-order valence-electron chi connectivity index (χ0n) is 10.9. The summed E-state index contributed by atoms with van der Waals surface area (Å²) in [6, 6.07) is 5.22. The number of aliphatic hydroxyl groups is 1. The van der Waals surface area contributed by atoms with Gasteiger partial charge in [0.25, 0.3) is 5.91 Å². The number of nitrogens with one attached hydrogen (secondary N) is 2. The van der Waals surface area contributed by atoms with Crippen LogP contribution in [0.1, 0.15) is 35.7 Å². The van der Waals surface area contributed by atoms with Crippen LogP contribution in [0.3, 0.4) is 0 Å². The zero-order chi connectivity index (χ0) is 13.8. The average molecular weight is 262 g/mol. The van der Waals surface area contributed by atoms with Gasteiger partial charge in [-0.05, 0) is 43.5 Å². The molecule has 1 heterocycles. The molecule has 3 N–H and O–H groups in total. The summed E-state index contributed by atoms with van der Waals surface area (Å²) in [5.74, 6) is -0.137. The number of hydrogen-bond acceptors (Lipinski definition) is 3. The fourth-order valence-electron chi connectivity index (χ4n) is 2.10. The molecular formula is C14H18N2O3. The molecular weight excluding hydrogens is 244 g/mol. The molecule has 0 saturated heterocycles. The van der Waals surface area contributed by atoms with E-state index in [-0.39, 0.29) is 24.5 Å². The lowest BCUT2D eigenvalue weighted by molar-refractivity contribution is -0.116. The fraction of sp³-hybridized carbons (Fsp3) is 0.429. The van der Waals surface area contributed by atoms with Crippen molar-refractivity contribution in [2.24, 2.45) is 0 Å². The van der Waals surface area contributed by atoms with E-state index in [2.05, 4.69) is 10.6 Å². The summed E-state index contributed by atoms with van der Waals surface area (Å²) in [6.07, 6.45) is 1.65. The molecule has 0 aromatic heterocycles. The van der Waals surface area contributed by atoms with E-state index < -0.39 is 0 Å². The first-order chi connectivity index (χ1) is 9.10. The molecule has 2 amide bonds. The van der Waals surface area contributed by atoms with Crippen LogP contribution >= 0.6 is 0 Å². The van der Waals surface area contributed by atoms with Crippen molar-refractivity contribution in [3.63, 3.8) is 0 Å². The van der Waals surface area contributed by atoms with Crippen LogP contribution in [0.2, 0.25) is 0 Å². The van der Waals surface area contributed by atoms with Crippen molar-refractivity contribution < 1.29 is 14.7 Å². The standard InChI is InChI=1S/C14H18N2O3/c1-9(6-7-17)15-14(19)11-2-4-12-10(8-11)3-5-13(18)16-12/h2,4,8-9,17H,3,5-7H2,1H3,(H,15,19)(H,16,18). The number of benzene rings is 1. The molecule has 0 fully saturated rings. The van der Waals surface area contributed by atoms with Crippen LogP contribution in [0.25, 0.3) is 0 Å². The summed E-state index contributed by atoms with van der Waals surface area (Å²) in [4.78, 5) is 23.2. The first-order valence-electron chi connectivity index (χ1n) is 6.44. The lowest BCUT2D eigenvalue weighted by atomic mass is 10.00. The quantitative estimate of drug-likeness (QED) is 0.759. The molecule has 1 aromatic rings. The largest absolute Gasteiger partial charge is 0.396 e. The van der Waals surface area contributed by atoms with Gasteiger partial charge in [-0.15, -0.1) is 0 Å². The van der Waals surface area contributed by atoms with E-state index in [1.807, 2.05) is 13.0 Å². The van der Waals surface area contributed by atoms with Gasteiger partial charge in [-0.25, -0.2) is 0 Å². The zero-order valence-corrected chi connectivity index (χ0v) is 10.9. The van der Waals surface area contributed by atoms with E-state index in [1.165, 1.54) is 0 Å². The number of aliphatic hydroxyl groups excluding tert-OH is 1. The summed E-state index contributed by atoms with van der Waals surface area (Å²) in [5, 5.41) is 14.4. The van der Waals surface area contributed by atoms with E-state index in [4.69, 9.17) is 5.11 Å². The average Bonchev–Trinajstić information content (AvgIpc) is 2.38. The molecule has 1 aromatic carbocycles. The highest BCUT2D eigenvalue weighted by Crippen LogP contribution is 2.23. The van der Waals surface area contributed by atoms with Gasteiger partial charge in [0.15, 0.2) is 0 Å². The van der Waals surface area contributed by atoms with Gasteiger partial charge in [0.2, 0.25) is 5.91 Å². The molecule has 102 valence electrons. The van der Waals surface area contributed by atoms with Crippen LogP contribution < -0.4 is 10.6 Å². The normalized spacial score (nSPS) is 15.4. The molecule has 5 heteroatoms. The van der Waals surface area contributed by atoms with Gasteiger partial charge in [0.05, 0.1) is 0 Å². The Morgan fingerprint density at radius 1 is 1.47 bits per heavy atom. The van der Waals surface area contributed by atoms with Crippen LogP contribution in [-0.4, -0.2) is 29.6 Å². The van der Waals surface area contributed by atoms with Gasteiger partial charge in [-0.1, -0.05) is 0 Å². The van der Waals surface area contributed by atoms with Crippen LogP contribution in [0.15, 0.2) is 18.2 Å². The summed E-state index contributed by atoms with van der Waals surface area (Å²) in [5.41, 5.74) is 2.36. The predicted octanol–water partition coefficient (Wildman–Crippen LogP) is 1.07. The minimum absolute atomic E-state index is 0.0151. The molecule has 0 aliphatic carbocycles. The van der Waals surface area contributed by atoms with Crippen LogP contribution in [0.4, 0.5) is 5.69 Å². The molecule has 0 spiro atoms. The van der Waals surface area contributed by atoms with Crippen molar-refractivity contribution in [2.75, 3.05) is 11.9 Å². The Bertz CT molecular complexity index is 499. The van der Waals surface area contributed by atoms with Crippen molar-refractivity contribution >= 4 is 17.5 Å². The highest BCUT2D eigenvalue weighted by Gasteiger charge is 2.17. The van der Waals surface area contributed by atoms with Gasteiger partial charge in [-0.3, -0.25) is 9.59 Å². The Morgan fingerprint density at radius 2 is 2.26 bits per heavy atom. The Kier molecular flexibility index (Phi) is 4.16. The summed E-state index contributed by atoms with van der Waals surface area (Å²) in [7, 11) is 0. The highest BCUT2D eigenvalue weighted by molar-refractivity contribution is 5.98. The van der Waals surface area contributed by atoms with E-state index in [0.717, 1.165) is 11.3 Å². The molecule has 0 radical (unpaired) electrons. The van der Waals surface area contributed by atoms with Crippen LogP contribution in [0.5, 0.6) is 0 Å². The number of carbonyl (C=O) groups excluding carboxylic acids is 2. The second-order valence-electron chi connectivity index (χ2n) is 4.81. The number of hydrogen-bond donors (Lipinski definition) is 3. The second-order valence-corrected chi connectivity index (χ2v) is 4.81. The maximum atomic E-state index is 12.0. The number of carbonyl (C=O) groups is 2. The van der Waals surface area contributed by atoms with Gasteiger partial charge < -0.3 is 15.7 Å². The predicted molar refractivity (Wildman–Crippen MR) is 72.0 cm³/mol. The van der Waals surface area contributed by atoms with Gasteiger partial charge >= 0.3 is 0 Å². The number of fused-ring (bicyclic) bond motifs is 1. The Hall–Kier alpha value is -1.88. The lowest BCUT2D eigenvalue weighted by Crippen LogP contribution is -2.33. The van der Waals surface area contributed by atoms with Crippen molar-refractivity contribution in [2.45, 2.75) is 32.2 Å². The third kappa shape index (κ3) is 3.32. The van der Waals surface area contributed by atoms with E-state index in [0.29, 0.717) is 24.8 Å². The van der Waals surface area contributed by atoms with Crippen molar-refractivity contribution in [3.05, 3.63) is 29.3 Å². The van der Waals surface area contributed by atoms with Gasteiger partial charge in [0, 0.05) is 30.3 Å². The second kappa shape index (κ2) is 5.84. The number of aryl methyl sites for hydroxylation is 1. The van der Waals surface area contributed by atoms with Gasteiger partial charge in [0.1, 0.15) is 0 Å². The molecule has 2 rings (SSSR count). The first-order valence-corrected chi connectivity index (χ1v) is 6.44. The van der Waals surface area contributed by atoms with E-state index >= 15 is 0 Å². The third-order valence-electron chi connectivity index (χ3n) is 3.20. The topological polar surface area (TPSA) is 78.4 Å². The minimum atomic E-state index is -0.152. The van der Waals surface area contributed by atoms with Crippen LogP contribution in [0, 0.1) is 0 Å². The van der Waals surface area contributed by atoms with Crippen molar-refractivity contribution in [1.82, 2.24) is 5.32 Å². The summed E-state index contributed by atoms with van der Waals surface area (Å²) >= 11 is 0. The highest BCUT2D eigenvalue weighted by atomic mass is 16.3. The monoisotopic (exact) mass is 262 g/mol. The van der Waals surface area contributed by atoms with Crippen LogP contribution in [-0.2, 0) is 11.2 Å². The van der Waals surface area contributed by atoms with Gasteiger partial charge in [-0.2, -0.15) is 0 Å². The summed E-state index contributed by atoms with van der Waals surface area (Å²) in [6.45, 7) is 1.91. The fourth-order valence-corrected chi connectivity index (χ4v) is 2.10. The molecule has 1 aliphatic rings. The first kappa shape index (κ1) is 13.5. The van der Waals surface area contributed by atoms with E-state index in [9.17, 15) is 9.59 Å². The summed E-state index contributed by atoms with van der Waals surface area (Å²) < 4.78 is 0. The van der Waals surface area contributed by atoms with Crippen molar-refractivity contribution in [3.8, 4) is 0 Å². The molecule has 1 unspecified atom stereocenters. The Morgan fingerprint density at radius 3 is 3.00 bits per heavy atom. The molecule has 1 atom stereocenters. The molecule has 5 nitrogen and oxygen atoms in total. The smallest absolute Gasteiger partial charge is 0.251 e. The van der Waals surface area contributed by atoms with E-state index in [1.54, 1.807) is 12.1 Å². The van der Waals surface area contributed by atoms with Crippen molar-refractivity contribution in [1.29, 1.82) is 0 Å².